The Morgan fingerprint density at radius 1 is 0.818 bits per heavy atom. The second-order valence-electron chi connectivity index (χ2n) is 15.4. The van der Waals surface area contributed by atoms with Gasteiger partial charge in [0.05, 0.1) is 24.5 Å². The number of nitrogens with one attached hydrogen (secondary N) is 3. The molecule has 55 heavy (non-hydrogen) atoms. The van der Waals surface area contributed by atoms with Crippen molar-refractivity contribution >= 4 is 17.7 Å². The zero-order valence-electron chi connectivity index (χ0n) is 32.2. The van der Waals surface area contributed by atoms with E-state index in [1.165, 1.54) is 0 Å². The van der Waals surface area contributed by atoms with Gasteiger partial charge in [0, 0.05) is 73.0 Å². The molecule has 0 bridgehead atoms. The lowest BCUT2D eigenvalue weighted by molar-refractivity contribution is 0.0774. The molecule has 2 saturated heterocycles. The summed E-state index contributed by atoms with van der Waals surface area (Å²) in [4.78, 5) is 52.6. The van der Waals surface area contributed by atoms with E-state index in [-0.39, 0.29) is 47.6 Å². The largest absolute Gasteiger partial charge is 0.475 e. The first kappa shape index (κ1) is 37.5. The molecule has 2 aliphatic heterocycles. The van der Waals surface area contributed by atoms with Crippen molar-refractivity contribution in [2.45, 2.75) is 90.8 Å². The number of hydrogen-bond acceptors (Lipinski definition) is 9. The molecule has 0 radical (unpaired) electrons. The first-order valence-electron chi connectivity index (χ1n) is 19.1. The van der Waals surface area contributed by atoms with E-state index in [2.05, 4.69) is 55.7 Å². The number of likely N-dealkylation sites (tertiary alicyclic amines) is 2. The second kappa shape index (κ2) is 15.9. The number of amides is 3. The maximum absolute atomic E-state index is 13.3. The van der Waals surface area contributed by atoms with Gasteiger partial charge in [0.15, 0.2) is 0 Å². The molecule has 5 aromatic rings. The van der Waals surface area contributed by atoms with E-state index in [4.69, 9.17) is 9.72 Å². The van der Waals surface area contributed by atoms with Gasteiger partial charge >= 0.3 is 0 Å². The van der Waals surface area contributed by atoms with Gasteiger partial charge in [-0.15, -0.1) is 0 Å². The lowest BCUT2D eigenvalue weighted by Gasteiger charge is -2.17. The monoisotopic (exact) mass is 747 g/mol. The van der Waals surface area contributed by atoms with Crippen LogP contribution in [0.25, 0.3) is 11.1 Å². The van der Waals surface area contributed by atoms with Crippen LogP contribution in [0.3, 0.4) is 0 Å². The quantitative estimate of drug-likeness (QED) is 0.156. The summed E-state index contributed by atoms with van der Waals surface area (Å²) in [6.07, 6.45) is 5.09. The van der Waals surface area contributed by atoms with Gasteiger partial charge in [0.1, 0.15) is 17.1 Å². The molecular formula is C40H49N11O4. The summed E-state index contributed by atoms with van der Waals surface area (Å²) in [5.41, 5.74) is 6.30. The van der Waals surface area contributed by atoms with Crippen molar-refractivity contribution in [1.29, 1.82) is 0 Å². The van der Waals surface area contributed by atoms with Gasteiger partial charge in [-0.05, 0) is 74.4 Å². The predicted molar refractivity (Wildman–Crippen MR) is 205 cm³/mol. The summed E-state index contributed by atoms with van der Waals surface area (Å²) >= 11 is 0. The van der Waals surface area contributed by atoms with Gasteiger partial charge < -0.3 is 19.9 Å². The van der Waals surface area contributed by atoms with Crippen LogP contribution in [-0.2, 0) is 6.54 Å². The van der Waals surface area contributed by atoms with Crippen LogP contribution in [0.2, 0.25) is 0 Å². The van der Waals surface area contributed by atoms with Crippen molar-refractivity contribution in [3.63, 3.8) is 0 Å². The Balaban J connectivity index is 0.995. The van der Waals surface area contributed by atoms with E-state index in [0.717, 1.165) is 34.6 Å². The van der Waals surface area contributed by atoms with Crippen LogP contribution >= 0.6 is 0 Å². The molecule has 15 heteroatoms. The lowest BCUT2D eigenvalue weighted by atomic mass is 10.0. The third-order valence-corrected chi connectivity index (χ3v) is 10.1. The predicted octanol–water partition coefficient (Wildman–Crippen LogP) is 5.14. The molecule has 0 spiro atoms. The minimum atomic E-state index is -0.289. The van der Waals surface area contributed by atoms with Gasteiger partial charge in [0.25, 0.3) is 17.7 Å². The fourth-order valence-electron chi connectivity index (χ4n) is 6.98. The normalized spacial score (nSPS) is 17.2. The number of aromatic amines is 2. The summed E-state index contributed by atoms with van der Waals surface area (Å²) in [7, 11) is 0. The summed E-state index contributed by atoms with van der Waals surface area (Å²) in [5, 5.41) is 22.0. The molecule has 7 heterocycles. The van der Waals surface area contributed by atoms with Crippen LogP contribution in [-0.4, -0.2) is 106 Å². The fourth-order valence-corrected chi connectivity index (χ4v) is 6.98. The first-order valence-corrected chi connectivity index (χ1v) is 19.1. The molecule has 0 saturated carbocycles. The Hall–Kier alpha value is -5.86. The van der Waals surface area contributed by atoms with Crippen molar-refractivity contribution in [2.75, 3.05) is 26.2 Å². The maximum Gasteiger partial charge on any atom is 0.274 e. The maximum atomic E-state index is 13.3. The average Bonchev–Trinajstić information content (AvgIpc) is 4.01. The van der Waals surface area contributed by atoms with Crippen LogP contribution in [0, 0.1) is 0 Å². The molecule has 2 fully saturated rings. The van der Waals surface area contributed by atoms with Crippen LogP contribution in [0.4, 0.5) is 0 Å². The van der Waals surface area contributed by atoms with E-state index in [1.807, 2.05) is 63.1 Å². The number of ether oxygens (including phenoxy) is 1. The highest BCUT2D eigenvalue weighted by atomic mass is 16.5. The van der Waals surface area contributed by atoms with Gasteiger partial charge in [-0.1, -0.05) is 33.8 Å². The molecule has 288 valence electrons. The van der Waals surface area contributed by atoms with Crippen molar-refractivity contribution < 1.29 is 19.1 Å². The van der Waals surface area contributed by atoms with E-state index >= 15 is 0 Å². The smallest absolute Gasteiger partial charge is 0.274 e. The first-order chi connectivity index (χ1) is 26.4. The summed E-state index contributed by atoms with van der Waals surface area (Å²) in [5.74, 6) is 0.538. The Bertz CT molecular complexity index is 2170. The highest BCUT2D eigenvalue weighted by Gasteiger charge is 2.32. The van der Waals surface area contributed by atoms with Gasteiger partial charge in [-0.3, -0.25) is 29.3 Å². The molecule has 7 rings (SSSR count). The van der Waals surface area contributed by atoms with Crippen LogP contribution in [0.1, 0.15) is 126 Å². The Kier molecular flexibility index (Phi) is 10.8. The van der Waals surface area contributed by atoms with E-state index in [1.54, 1.807) is 27.9 Å². The number of aromatic nitrogens is 8. The molecule has 0 aliphatic carbocycles. The van der Waals surface area contributed by atoms with Crippen LogP contribution < -0.4 is 10.1 Å². The molecule has 3 amide bonds. The van der Waals surface area contributed by atoms with Crippen molar-refractivity contribution in [2.24, 2.45) is 0 Å². The highest BCUT2D eigenvalue weighted by molar-refractivity contribution is 5.94. The van der Waals surface area contributed by atoms with Crippen LogP contribution in [0.5, 0.6) is 5.88 Å². The number of rotatable bonds is 12. The highest BCUT2D eigenvalue weighted by Crippen LogP contribution is 2.33. The van der Waals surface area contributed by atoms with Crippen LogP contribution in [0.15, 0.2) is 54.9 Å². The number of carbonyl (C=O) groups excluding carboxylic acids is 3. The summed E-state index contributed by atoms with van der Waals surface area (Å²) in [6.45, 7) is 14.6. The Morgan fingerprint density at radius 3 is 2.15 bits per heavy atom. The zero-order valence-corrected chi connectivity index (χ0v) is 32.2. The zero-order chi connectivity index (χ0) is 38.8. The van der Waals surface area contributed by atoms with E-state index in [0.29, 0.717) is 67.8 Å². The number of hydrogen-bond donors (Lipinski definition) is 3. The fraction of sp³-hybridized carbons (Fsp3) is 0.450. The third-order valence-electron chi connectivity index (χ3n) is 10.1. The molecule has 0 aromatic carbocycles. The molecule has 2 aliphatic rings. The topological polar surface area (TPSA) is 180 Å². The number of pyridine rings is 2. The molecule has 15 nitrogen and oxygen atoms in total. The molecular weight excluding hydrogens is 699 g/mol. The second-order valence-corrected chi connectivity index (χ2v) is 15.4. The van der Waals surface area contributed by atoms with E-state index in [9.17, 15) is 14.4 Å². The Morgan fingerprint density at radius 2 is 1.49 bits per heavy atom. The third kappa shape index (κ3) is 8.60. The lowest BCUT2D eigenvalue weighted by Crippen LogP contribution is -2.39. The minimum Gasteiger partial charge on any atom is -0.475 e. The minimum absolute atomic E-state index is 0.0388. The average molecular weight is 748 g/mol. The summed E-state index contributed by atoms with van der Waals surface area (Å²) in [6, 6.07) is 12.8. The SMILES string of the molecule is CC(C)Oc1cc(-c2cnn(Cc3cccc(C(=O)NC4CCN(C(=O)c5cc(C(C)C)[nH]n5)C4)n3)c2)cc(C2CCN(C(=O)c3cc(C(C)C)[nH]n3)C2)n1. The standard InChI is InChI=1S/C40H49N11O4/c1-23(2)32-16-35(47-45-32)39(53)49-12-10-26(19-49)34-14-27(15-37(44-34)55-25(5)6)28-18-41-51(20-28)22-29-8-7-9-31(42-29)38(52)43-30-11-13-50(21-30)40(54)36-17-33(24(3)4)46-48-36/h7-9,14-18,20,23-26,30H,10-13,19,21-22H2,1-6H3,(H,43,52)(H,45,47)(H,46,48). The summed E-state index contributed by atoms with van der Waals surface area (Å²) < 4.78 is 7.86. The van der Waals surface area contributed by atoms with E-state index < -0.39 is 0 Å². The molecule has 5 aromatic heterocycles. The van der Waals surface area contributed by atoms with Gasteiger partial charge in [-0.2, -0.15) is 15.3 Å². The molecule has 3 N–H and O–H groups in total. The number of nitrogens with zero attached hydrogens (tertiary/aromatic N) is 8. The molecule has 2 unspecified atom stereocenters. The van der Waals surface area contributed by atoms with Crippen molar-refractivity contribution in [3.05, 3.63) is 94.7 Å². The molecule has 2 atom stereocenters. The Labute approximate surface area is 320 Å². The number of H-pyrrole nitrogens is 2. The van der Waals surface area contributed by atoms with Gasteiger partial charge in [0.2, 0.25) is 5.88 Å². The van der Waals surface area contributed by atoms with Crippen molar-refractivity contribution in [3.8, 4) is 17.0 Å². The number of carbonyl (C=O) groups is 3. The van der Waals surface area contributed by atoms with Gasteiger partial charge in [-0.25, -0.2) is 9.97 Å². The van der Waals surface area contributed by atoms with Crippen molar-refractivity contribution in [1.82, 2.24) is 55.3 Å².